The topological polar surface area (TPSA) is 43.9 Å². The first kappa shape index (κ1) is 27.1. The van der Waals surface area contributed by atoms with Crippen molar-refractivity contribution < 1.29 is 28.6 Å². The summed E-state index contributed by atoms with van der Waals surface area (Å²) in [6.07, 6.45) is 1.89. The van der Waals surface area contributed by atoms with Gasteiger partial charge in [-0.25, -0.2) is 0 Å². The van der Waals surface area contributed by atoms with Gasteiger partial charge in [0.2, 0.25) is 0 Å². The number of hydrogen-bond acceptors (Lipinski definition) is 3. The molecule has 4 nitrogen and oxygen atoms in total. The normalized spacial score (nSPS) is 12.2. The fourth-order valence-electron chi connectivity index (χ4n) is 5.25. The molecule has 0 aliphatic rings. The average Bonchev–Trinajstić information content (AvgIpc) is 3.66. The van der Waals surface area contributed by atoms with Gasteiger partial charge in [-0.15, -0.1) is 17.7 Å². The zero-order chi connectivity index (χ0) is 32.7. The van der Waals surface area contributed by atoms with E-state index < -0.39 is 13.3 Å². The molecule has 0 N–H and O–H groups in total. The third kappa shape index (κ3) is 6.30. The third-order valence-electron chi connectivity index (χ3n) is 7.58. The molecule has 0 unspecified atom stereocenters. The maximum absolute atomic E-state index is 7.65. The van der Waals surface area contributed by atoms with E-state index in [1.54, 1.807) is 6.07 Å². The van der Waals surface area contributed by atoms with Crippen LogP contribution in [0.5, 0.6) is 0 Å². The Bertz CT molecular complexity index is 2360. The number of hydrogen-bond donors (Lipinski definition) is 0. The van der Waals surface area contributed by atoms with Crippen LogP contribution in [0.25, 0.3) is 61.3 Å². The summed E-state index contributed by atoms with van der Waals surface area (Å²) in [5.74, 6) is 7.78. The summed E-state index contributed by atoms with van der Waals surface area (Å²) in [5, 5.41) is 2.18. The van der Waals surface area contributed by atoms with E-state index in [-0.39, 0.29) is 38.2 Å². The number of aromatic nitrogens is 3. The molecule has 0 bridgehead atoms. The van der Waals surface area contributed by atoms with Crippen molar-refractivity contribution in [3.8, 4) is 28.3 Å². The Balaban J connectivity index is 0.000000177. The van der Waals surface area contributed by atoms with Gasteiger partial charge in [-0.1, -0.05) is 60.0 Å². The summed E-state index contributed by atoms with van der Waals surface area (Å²) in [7, 11) is 0. The number of benzene rings is 5. The molecule has 1 radical (unpaired) electrons. The van der Waals surface area contributed by atoms with Crippen molar-refractivity contribution >= 4 is 50.6 Å². The molecule has 3 aromatic heterocycles. The van der Waals surface area contributed by atoms with Gasteiger partial charge in [-0.3, -0.25) is 4.98 Å². The molecule has 5 aromatic carbocycles. The van der Waals surface area contributed by atoms with E-state index in [4.69, 9.17) is 13.5 Å². The minimum absolute atomic E-state index is 0. The zero-order valence-electron chi connectivity index (χ0n) is 28.1. The van der Waals surface area contributed by atoms with E-state index >= 15 is 0 Å². The number of para-hydroxylation sites is 4. The molecule has 0 saturated carbocycles. The SMILES string of the molecule is [2H]c1[c-]c(-c2cc[c]([Ge]([CH3])([CH3])[CH3])cn2)cc([2H])c1[2H].[Ir].[c-]1cc2c(cc1-c1nc3ccccc3n1-c1ccccc1)oc1ccccc12. The Hall–Kier alpha value is -4.29. The van der Waals surface area contributed by atoms with E-state index in [0.717, 1.165) is 50.0 Å². The second-order valence-electron chi connectivity index (χ2n) is 11.6. The minimum atomic E-state index is -1.86. The van der Waals surface area contributed by atoms with Crippen LogP contribution in [0.1, 0.15) is 4.11 Å². The summed E-state index contributed by atoms with van der Waals surface area (Å²) in [6, 6.07) is 42.3. The van der Waals surface area contributed by atoms with Gasteiger partial charge in [0, 0.05) is 25.8 Å². The molecule has 0 fully saturated rings. The quantitative estimate of drug-likeness (QED) is 0.131. The first-order chi connectivity index (χ1) is 22.7. The van der Waals surface area contributed by atoms with Gasteiger partial charge in [-0.2, -0.15) is 0 Å². The third-order valence-corrected chi connectivity index (χ3v) is 11.8. The fraction of sp³-hybridized carbons (Fsp3) is 0.0769. The fourth-order valence-corrected chi connectivity index (χ4v) is 7.42. The molecule has 0 saturated heterocycles. The monoisotopic (exact) mass is 827 g/mol. The van der Waals surface area contributed by atoms with E-state index in [9.17, 15) is 0 Å². The second-order valence-corrected chi connectivity index (χ2v) is 22.2. The van der Waals surface area contributed by atoms with Crippen molar-refractivity contribution in [3.63, 3.8) is 0 Å². The van der Waals surface area contributed by atoms with Crippen molar-refractivity contribution in [3.05, 3.63) is 146 Å². The van der Waals surface area contributed by atoms with E-state index in [2.05, 4.69) is 69.3 Å². The van der Waals surface area contributed by atoms with Crippen LogP contribution in [0.3, 0.4) is 0 Å². The Kier molecular flexibility index (Phi) is 7.80. The molecule has 3 heterocycles. The van der Waals surface area contributed by atoms with E-state index in [1.165, 1.54) is 4.40 Å². The number of rotatable bonds is 4. The molecule has 0 amide bonds. The zero-order valence-corrected chi connectivity index (χ0v) is 29.5. The summed E-state index contributed by atoms with van der Waals surface area (Å²) in [5.41, 5.74) is 7.06. The van der Waals surface area contributed by atoms with Crippen molar-refractivity contribution in [1.82, 2.24) is 14.5 Å². The predicted molar refractivity (Wildman–Crippen MR) is 184 cm³/mol. The molecule has 223 valence electrons. The summed E-state index contributed by atoms with van der Waals surface area (Å²) >= 11 is -1.86. The number of furan rings is 1. The van der Waals surface area contributed by atoms with Crippen LogP contribution in [-0.4, -0.2) is 27.8 Å². The maximum atomic E-state index is 7.65. The van der Waals surface area contributed by atoms with Crippen LogP contribution in [0.4, 0.5) is 0 Å². The number of pyridine rings is 1. The van der Waals surface area contributed by atoms with Crippen molar-refractivity contribution in [2.45, 2.75) is 17.3 Å². The van der Waals surface area contributed by atoms with Gasteiger partial charge in [-0.05, 0) is 35.7 Å². The molecule has 0 aliphatic carbocycles. The largest absolute Gasteiger partial charge is 0.476 e. The molecular weight excluding hydrogens is 791 g/mol. The van der Waals surface area contributed by atoms with Gasteiger partial charge >= 0.3 is 104 Å². The predicted octanol–water partition coefficient (Wildman–Crippen LogP) is 9.48. The van der Waals surface area contributed by atoms with Gasteiger partial charge in [0.25, 0.3) is 0 Å². The van der Waals surface area contributed by atoms with Crippen molar-refractivity contribution in [2.75, 3.05) is 0 Å². The average molecular weight is 826 g/mol. The Morgan fingerprint density at radius 3 is 2.31 bits per heavy atom. The van der Waals surface area contributed by atoms with Gasteiger partial charge in [0.15, 0.2) is 0 Å². The molecule has 0 spiro atoms. The molecule has 0 aliphatic heterocycles. The Morgan fingerprint density at radius 2 is 1.53 bits per heavy atom. The Morgan fingerprint density at radius 1 is 0.756 bits per heavy atom. The van der Waals surface area contributed by atoms with Crippen LogP contribution in [-0.2, 0) is 20.1 Å². The molecule has 8 aromatic rings. The first-order valence-corrected chi connectivity index (χ1v) is 21.8. The van der Waals surface area contributed by atoms with Crippen LogP contribution in [0.15, 0.2) is 138 Å². The first-order valence-electron chi connectivity index (χ1n) is 16.0. The molecule has 0 atom stereocenters. The van der Waals surface area contributed by atoms with Crippen LogP contribution in [0, 0.1) is 12.1 Å². The van der Waals surface area contributed by atoms with Crippen LogP contribution >= 0.6 is 0 Å². The second kappa shape index (κ2) is 13.0. The van der Waals surface area contributed by atoms with Gasteiger partial charge in [0.1, 0.15) is 5.58 Å². The Labute approximate surface area is 283 Å². The van der Waals surface area contributed by atoms with Crippen LogP contribution in [0.2, 0.25) is 17.3 Å². The summed E-state index contributed by atoms with van der Waals surface area (Å²) in [6.45, 7) is 0. The van der Waals surface area contributed by atoms with Gasteiger partial charge in [0.05, 0.1) is 22.4 Å². The van der Waals surface area contributed by atoms with Crippen molar-refractivity contribution in [2.24, 2.45) is 0 Å². The molecular formula is C39H31GeIrN3O-2. The van der Waals surface area contributed by atoms with Gasteiger partial charge < -0.3 is 8.98 Å². The van der Waals surface area contributed by atoms with Crippen molar-refractivity contribution in [1.29, 1.82) is 0 Å². The maximum Gasteiger partial charge on any atom is 0.123 e. The molecule has 6 heteroatoms. The summed E-state index contributed by atoms with van der Waals surface area (Å²) < 4.78 is 32.3. The number of imidazole rings is 1. The van der Waals surface area contributed by atoms with Crippen LogP contribution < -0.4 is 4.40 Å². The summed E-state index contributed by atoms with van der Waals surface area (Å²) in [4.78, 5) is 9.33. The molecule has 45 heavy (non-hydrogen) atoms. The smallest absolute Gasteiger partial charge is 0.123 e. The van der Waals surface area contributed by atoms with E-state index in [1.807, 2.05) is 79.0 Å². The minimum Gasteiger partial charge on any atom is -0.476 e. The van der Waals surface area contributed by atoms with E-state index in [0.29, 0.717) is 11.3 Å². The number of nitrogens with zero attached hydrogens (tertiary/aromatic N) is 3. The molecule has 8 rings (SSSR count). The standard InChI is InChI=1S/C25H15N2O.C14H16GeN.Ir/c1-2-8-18(9-3-1)27-22-12-6-5-11-21(22)26-25(27)17-14-15-20-19-10-4-7-13-23(19)28-24(20)16-17;1-15(2,3)13-9-10-14(16-11-13)12-7-5-4-6-8-12;/h1-13,15-16H;4-7,9-11H,1-3H3;/q2*-1;/i;4D,5D,6D;. The number of fused-ring (bicyclic) bond motifs is 4.